The van der Waals surface area contributed by atoms with Gasteiger partial charge in [0.1, 0.15) is 0 Å². The van der Waals surface area contributed by atoms with Crippen molar-refractivity contribution in [3.05, 3.63) is 65.2 Å². The molecule has 0 aliphatic carbocycles. The van der Waals surface area contributed by atoms with Crippen LogP contribution in [0.15, 0.2) is 54.6 Å². The maximum absolute atomic E-state index is 12.9. The number of rotatable bonds is 12. The van der Waals surface area contributed by atoms with Crippen molar-refractivity contribution in [2.24, 2.45) is 5.73 Å². The van der Waals surface area contributed by atoms with Crippen molar-refractivity contribution >= 4 is 35.1 Å². The zero-order valence-electron chi connectivity index (χ0n) is 17.9. The predicted molar refractivity (Wildman–Crippen MR) is 123 cm³/mol. The number of hydrogen-bond acceptors (Lipinski definition) is 3. The molecule has 5 N–H and O–H groups in total. The third-order valence-electron chi connectivity index (χ3n) is 4.57. The van der Waals surface area contributed by atoms with Crippen molar-refractivity contribution in [1.82, 2.24) is 10.6 Å². The first-order valence-corrected chi connectivity index (χ1v) is 13.6. The summed E-state index contributed by atoms with van der Waals surface area (Å²) in [5.74, 6) is -0.970. The molecule has 0 spiro atoms. The maximum atomic E-state index is 12.9. The standard InChI is InChI=1S/C23H29ClIN4O3/c1-2-3-15-25-20(29-23(32)27-18-12-10-17(24)11-13-18)22(31)28-19(21(26)30)14-9-16-7-5-4-6-8-16/h4-8,10-13,19-20H,2-3,9,14-15H2,1H3,(H2,26,30)(H,28,31)(H2,27,29,32)/q-1. The average Bonchev–Trinajstić information content (AvgIpc) is 2.78. The Hall–Kier alpha value is -2.33. The van der Waals surface area contributed by atoms with Gasteiger partial charge in [0.2, 0.25) is 0 Å². The zero-order chi connectivity index (χ0) is 23.3. The van der Waals surface area contributed by atoms with Gasteiger partial charge in [0.05, 0.1) is 0 Å². The second-order valence-corrected chi connectivity index (χ2v) is 10.8. The van der Waals surface area contributed by atoms with Crippen LogP contribution in [-0.2, 0) is 16.0 Å². The molecule has 0 aliphatic heterocycles. The van der Waals surface area contributed by atoms with Crippen molar-refractivity contribution in [1.29, 1.82) is 0 Å². The Kier molecular flexibility index (Phi) is 11.3. The number of alkyl halides is 2. The molecule has 0 bridgehead atoms. The van der Waals surface area contributed by atoms with Gasteiger partial charge in [-0.2, -0.15) is 0 Å². The molecule has 0 heterocycles. The summed E-state index contributed by atoms with van der Waals surface area (Å²) in [6, 6.07) is 15.1. The second-order valence-electron chi connectivity index (χ2n) is 7.15. The van der Waals surface area contributed by atoms with Crippen LogP contribution in [0.2, 0.25) is 5.02 Å². The summed E-state index contributed by atoms with van der Waals surface area (Å²) >= 11 is 5.20. The molecule has 0 aliphatic rings. The van der Waals surface area contributed by atoms with E-state index in [0.29, 0.717) is 23.6 Å². The first-order chi connectivity index (χ1) is 15.4. The topological polar surface area (TPSA) is 113 Å². The van der Waals surface area contributed by atoms with Gasteiger partial charge in [0.15, 0.2) is 0 Å². The molecule has 7 nitrogen and oxygen atoms in total. The Morgan fingerprint density at radius 3 is 2.34 bits per heavy atom. The quantitative estimate of drug-likeness (QED) is 0.127. The number of anilines is 1. The van der Waals surface area contributed by atoms with Gasteiger partial charge in [-0.3, -0.25) is 0 Å². The number of nitrogens with one attached hydrogen (secondary N) is 3. The second kappa shape index (κ2) is 13.9. The van der Waals surface area contributed by atoms with Gasteiger partial charge in [-0.05, 0) is 0 Å². The fourth-order valence-corrected chi connectivity index (χ4v) is 5.83. The predicted octanol–water partition coefficient (Wildman–Crippen LogP) is 0.280. The average molecular weight is 572 g/mol. The van der Waals surface area contributed by atoms with Crippen LogP contribution in [-0.4, -0.2) is 32.4 Å². The summed E-state index contributed by atoms with van der Waals surface area (Å²) in [4.78, 5) is 37.3. The van der Waals surface area contributed by atoms with E-state index in [2.05, 4.69) is 22.9 Å². The van der Waals surface area contributed by atoms with Gasteiger partial charge in [0.25, 0.3) is 0 Å². The molecule has 0 radical (unpaired) electrons. The van der Waals surface area contributed by atoms with E-state index in [0.717, 1.165) is 22.8 Å². The van der Waals surface area contributed by atoms with E-state index in [1.54, 1.807) is 24.3 Å². The SMILES string of the molecule is CCCC[I-]C(NC(=O)Nc1ccc(Cl)cc1)C(=O)NC(CCc1ccccc1)C(N)=O. The van der Waals surface area contributed by atoms with Crippen molar-refractivity contribution in [3.63, 3.8) is 0 Å². The van der Waals surface area contributed by atoms with E-state index >= 15 is 0 Å². The zero-order valence-corrected chi connectivity index (χ0v) is 20.9. The van der Waals surface area contributed by atoms with Crippen LogP contribution in [0.4, 0.5) is 10.5 Å². The Bertz CT molecular complexity index is 881. The summed E-state index contributed by atoms with van der Waals surface area (Å²) in [5, 5.41) is 8.77. The molecule has 2 aromatic carbocycles. The minimum absolute atomic E-state index is 0.378. The van der Waals surface area contributed by atoms with Gasteiger partial charge in [-0.25, -0.2) is 0 Å². The van der Waals surface area contributed by atoms with Crippen molar-refractivity contribution in [3.8, 4) is 0 Å². The first-order valence-electron chi connectivity index (χ1n) is 10.4. The number of carbonyl (C=O) groups excluding carboxylic acids is 3. The van der Waals surface area contributed by atoms with Gasteiger partial charge in [-0.15, -0.1) is 0 Å². The van der Waals surface area contributed by atoms with E-state index in [-0.39, 0.29) is 5.91 Å². The first kappa shape index (κ1) is 25.9. The fraction of sp³-hybridized carbons (Fsp3) is 0.348. The van der Waals surface area contributed by atoms with E-state index in [4.69, 9.17) is 17.3 Å². The molecule has 0 aromatic heterocycles. The van der Waals surface area contributed by atoms with Crippen LogP contribution in [0.5, 0.6) is 0 Å². The normalized spacial score (nSPS) is 12.6. The van der Waals surface area contributed by atoms with Crippen LogP contribution in [0.1, 0.15) is 31.7 Å². The number of halogens is 2. The van der Waals surface area contributed by atoms with Gasteiger partial charge in [0, 0.05) is 0 Å². The Morgan fingerprint density at radius 1 is 1.03 bits per heavy atom. The molecule has 2 aromatic rings. The van der Waals surface area contributed by atoms with Gasteiger partial charge >= 0.3 is 205 Å². The molecule has 0 fully saturated rings. The summed E-state index contributed by atoms with van der Waals surface area (Å²) in [5.41, 5.74) is 7.15. The molecule has 2 rings (SSSR count). The monoisotopic (exact) mass is 571 g/mol. The van der Waals surface area contributed by atoms with E-state index in [9.17, 15) is 14.4 Å². The Balaban J connectivity index is 1.99. The van der Waals surface area contributed by atoms with Crippen molar-refractivity contribution < 1.29 is 35.6 Å². The molecule has 0 saturated heterocycles. The molecule has 0 saturated carbocycles. The van der Waals surface area contributed by atoms with E-state index in [1.807, 2.05) is 30.3 Å². The van der Waals surface area contributed by atoms with Crippen LogP contribution in [0, 0.1) is 0 Å². The molecule has 2 unspecified atom stereocenters. The third-order valence-corrected chi connectivity index (χ3v) is 7.96. The Morgan fingerprint density at radius 2 is 1.72 bits per heavy atom. The number of amides is 4. The van der Waals surface area contributed by atoms with Crippen LogP contribution in [0.3, 0.4) is 0 Å². The summed E-state index contributed by atoms with van der Waals surface area (Å²) < 4.78 is 0.200. The number of benzene rings is 2. The van der Waals surface area contributed by atoms with Gasteiger partial charge < -0.3 is 0 Å². The molecule has 32 heavy (non-hydrogen) atoms. The summed E-state index contributed by atoms with van der Waals surface area (Å²) in [6.07, 6.45) is 2.98. The summed E-state index contributed by atoms with van der Waals surface area (Å²) in [6.45, 7) is 2.08. The molecular weight excluding hydrogens is 543 g/mol. The molecule has 174 valence electrons. The number of carbonyl (C=O) groups is 3. The van der Waals surface area contributed by atoms with Crippen molar-refractivity contribution in [2.75, 3.05) is 9.74 Å². The van der Waals surface area contributed by atoms with E-state index < -0.39 is 43.2 Å². The number of primary amides is 1. The Labute approximate surface area is 204 Å². The number of urea groups is 1. The van der Waals surface area contributed by atoms with E-state index in [1.165, 1.54) is 0 Å². The van der Waals surface area contributed by atoms with Crippen molar-refractivity contribution in [2.45, 2.75) is 42.7 Å². The summed E-state index contributed by atoms with van der Waals surface area (Å²) in [7, 11) is 0. The number of unbranched alkanes of at least 4 members (excludes halogenated alkanes) is 1. The number of hydrogen-bond donors (Lipinski definition) is 4. The number of aryl methyl sites for hydroxylation is 1. The van der Waals surface area contributed by atoms with Crippen LogP contribution < -0.4 is 42.9 Å². The molecule has 2 atom stereocenters. The minimum atomic E-state index is -0.804. The number of nitrogens with two attached hydrogens (primary N) is 1. The molecule has 4 amide bonds. The van der Waals surface area contributed by atoms with Crippen LogP contribution in [0.25, 0.3) is 0 Å². The van der Waals surface area contributed by atoms with Crippen LogP contribution >= 0.6 is 11.6 Å². The van der Waals surface area contributed by atoms with Gasteiger partial charge in [-0.1, -0.05) is 0 Å². The fourth-order valence-electron chi connectivity index (χ4n) is 2.80. The third kappa shape index (κ3) is 9.44. The molecular formula is C23H29ClIN4O3-. The molecule has 9 heteroatoms.